The number of methoxy groups -OCH3 is 2. The van der Waals surface area contributed by atoms with Gasteiger partial charge in [0, 0.05) is 17.6 Å². The van der Waals surface area contributed by atoms with Crippen molar-refractivity contribution in [3.8, 4) is 0 Å². The third kappa shape index (κ3) is 2.84. The minimum absolute atomic E-state index is 0.0225. The van der Waals surface area contributed by atoms with E-state index in [0.29, 0.717) is 36.8 Å². The minimum atomic E-state index is -0.856. The van der Waals surface area contributed by atoms with Gasteiger partial charge in [0.05, 0.1) is 14.2 Å². The molecular weight excluding hydrogens is 276 g/mol. The van der Waals surface area contributed by atoms with Gasteiger partial charge in [-0.15, -0.1) is 0 Å². The number of carboxylic acid groups (broad SMARTS) is 1. The van der Waals surface area contributed by atoms with E-state index in [0.717, 1.165) is 0 Å². The smallest absolute Gasteiger partial charge is 0.303 e. The van der Waals surface area contributed by atoms with E-state index in [9.17, 15) is 14.4 Å². The number of rotatable bonds is 4. The van der Waals surface area contributed by atoms with Crippen molar-refractivity contribution in [2.45, 2.75) is 32.1 Å². The van der Waals surface area contributed by atoms with Crippen molar-refractivity contribution in [2.24, 2.45) is 5.92 Å². The van der Waals surface area contributed by atoms with Gasteiger partial charge < -0.3 is 14.6 Å². The van der Waals surface area contributed by atoms with Crippen LogP contribution in [0.15, 0.2) is 22.7 Å². The predicted octanol–water partition coefficient (Wildman–Crippen LogP) is 1.60. The number of allylic oxidation sites excluding steroid dienone is 2. The van der Waals surface area contributed by atoms with Gasteiger partial charge in [0.1, 0.15) is 0 Å². The second-order valence-corrected chi connectivity index (χ2v) is 5.22. The molecule has 0 amide bonds. The molecule has 0 heterocycles. The average molecular weight is 294 g/mol. The van der Waals surface area contributed by atoms with E-state index in [2.05, 4.69) is 0 Å². The summed E-state index contributed by atoms with van der Waals surface area (Å²) >= 11 is 0. The fourth-order valence-electron chi connectivity index (χ4n) is 2.95. The van der Waals surface area contributed by atoms with Crippen molar-refractivity contribution in [2.75, 3.05) is 14.2 Å². The van der Waals surface area contributed by atoms with Crippen LogP contribution in [0, 0.1) is 5.92 Å². The molecule has 114 valence electrons. The molecule has 0 aromatic rings. The SMILES string of the molecule is COC1=C(OC)C(=O)C2=C(CCC(CC(=O)O)CC2)C1=O. The van der Waals surface area contributed by atoms with Crippen LogP contribution in [0.1, 0.15) is 32.1 Å². The Kier molecular flexibility index (Phi) is 4.45. The Balaban J connectivity index is 2.27. The number of carboxylic acids is 1. The highest BCUT2D eigenvalue weighted by molar-refractivity contribution is 6.23. The molecular formula is C15H18O6. The van der Waals surface area contributed by atoms with E-state index in [4.69, 9.17) is 14.6 Å². The molecule has 0 saturated carbocycles. The maximum absolute atomic E-state index is 12.4. The summed E-state index contributed by atoms with van der Waals surface area (Å²) in [5, 5.41) is 8.88. The molecule has 0 atom stereocenters. The van der Waals surface area contributed by atoms with Gasteiger partial charge in [-0.05, 0) is 31.6 Å². The highest BCUT2D eigenvalue weighted by Gasteiger charge is 2.37. The zero-order chi connectivity index (χ0) is 15.6. The number of Topliss-reactive ketones (excluding diaryl/α,β-unsaturated/α-hetero) is 2. The average Bonchev–Trinajstić information content (AvgIpc) is 2.65. The van der Waals surface area contributed by atoms with Gasteiger partial charge in [-0.3, -0.25) is 14.4 Å². The summed E-state index contributed by atoms with van der Waals surface area (Å²) in [6.07, 6.45) is 2.04. The molecule has 21 heavy (non-hydrogen) atoms. The maximum Gasteiger partial charge on any atom is 0.303 e. The third-order valence-corrected chi connectivity index (χ3v) is 4.01. The van der Waals surface area contributed by atoms with Crippen molar-refractivity contribution in [3.05, 3.63) is 22.7 Å². The van der Waals surface area contributed by atoms with Gasteiger partial charge in [0.2, 0.25) is 23.1 Å². The zero-order valence-corrected chi connectivity index (χ0v) is 12.1. The molecule has 0 unspecified atom stereocenters. The molecule has 0 fully saturated rings. The standard InChI is InChI=1S/C15H18O6/c1-20-14-12(18)9-5-3-8(7-11(16)17)4-6-10(9)13(19)15(14)21-2/h8H,3-7H2,1-2H3,(H,16,17). The summed E-state index contributed by atoms with van der Waals surface area (Å²) in [5.74, 6) is -1.63. The number of carbonyl (C=O) groups is 3. The number of ether oxygens (including phenoxy) is 2. The maximum atomic E-state index is 12.4. The fourth-order valence-corrected chi connectivity index (χ4v) is 2.95. The van der Waals surface area contributed by atoms with Crippen molar-refractivity contribution in [1.82, 2.24) is 0 Å². The lowest BCUT2D eigenvalue weighted by molar-refractivity contribution is -0.138. The first-order valence-electron chi connectivity index (χ1n) is 6.85. The van der Waals surface area contributed by atoms with Crippen LogP contribution in [0.2, 0.25) is 0 Å². The number of hydrogen-bond acceptors (Lipinski definition) is 5. The van der Waals surface area contributed by atoms with Crippen LogP contribution < -0.4 is 0 Å². The molecule has 2 aliphatic carbocycles. The normalized spacial score (nSPS) is 20.3. The Morgan fingerprint density at radius 3 is 1.81 bits per heavy atom. The van der Waals surface area contributed by atoms with E-state index >= 15 is 0 Å². The summed E-state index contributed by atoms with van der Waals surface area (Å²) in [6, 6.07) is 0. The number of hydrogen-bond donors (Lipinski definition) is 1. The lowest BCUT2D eigenvalue weighted by Crippen LogP contribution is -2.25. The van der Waals surface area contributed by atoms with Crippen LogP contribution in [-0.2, 0) is 23.9 Å². The monoisotopic (exact) mass is 294 g/mol. The molecule has 2 aliphatic rings. The Labute approximate surface area is 122 Å². The fraction of sp³-hybridized carbons (Fsp3) is 0.533. The summed E-state index contributed by atoms with van der Waals surface area (Å²) in [5.41, 5.74) is 0.899. The predicted molar refractivity (Wildman–Crippen MR) is 72.3 cm³/mol. The van der Waals surface area contributed by atoms with Gasteiger partial charge >= 0.3 is 5.97 Å². The van der Waals surface area contributed by atoms with Crippen molar-refractivity contribution in [1.29, 1.82) is 0 Å². The second-order valence-electron chi connectivity index (χ2n) is 5.22. The topological polar surface area (TPSA) is 89.9 Å². The van der Waals surface area contributed by atoms with E-state index in [1.807, 2.05) is 0 Å². The third-order valence-electron chi connectivity index (χ3n) is 4.01. The molecule has 0 aromatic heterocycles. The first-order chi connectivity index (χ1) is 9.99. The summed E-state index contributed by atoms with van der Waals surface area (Å²) in [6.45, 7) is 0. The molecule has 0 saturated heterocycles. The molecule has 2 rings (SSSR count). The van der Waals surface area contributed by atoms with Crippen LogP contribution in [0.3, 0.4) is 0 Å². The quantitative estimate of drug-likeness (QED) is 0.792. The molecule has 0 radical (unpaired) electrons. The zero-order valence-electron chi connectivity index (χ0n) is 12.1. The molecule has 6 heteroatoms. The van der Waals surface area contributed by atoms with Crippen molar-refractivity contribution < 1.29 is 29.0 Å². The van der Waals surface area contributed by atoms with Gasteiger partial charge in [-0.2, -0.15) is 0 Å². The van der Waals surface area contributed by atoms with Crippen LogP contribution in [0.25, 0.3) is 0 Å². The first kappa shape index (κ1) is 15.3. The molecule has 1 N–H and O–H groups in total. The van der Waals surface area contributed by atoms with Crippen molar-refractivity contribution in [3.63, 3.8) is 0 Å². The van der Waals surface area contributed by atoms with Crippen LogP contribution >= 0.6 is 0 Å². The molecule has 0 aliphatic heterocycles. The van der Waals surface area contributed by atoms with E-state index in [1.165, 1.54) is 14.2 Å². The van der Waals surface area contributed by atoms with E-state index < -0.39 is 5.97 Å². The van der Waals surface area contributed by atoms with Gasteiger partial charge in [-0.1, -0.05) is 0 Å². The Morgan fingerprint density at radius 2 is 1.48 bits per heavy atom. The molecule has 0 aromatic carbocycles. The lowest BCUT2D eigenvalue weighted by Gasteiger charge is -2.20. The van der Waals surface area contributed by atoms with Crippen LogP contribution in [-0.4, -0.2) is 36.9 Å². The van der Waals surface area contributed by atoms with Gasteiger partial charge in [0.15, 0.2) is 0 Å². The number of ketones is 2. The summed E-state index contributed by atoms with van der Waals surface area (Å²) in [4.78, 5) is 35.6. The number of carbonyl (C=O) groups excluding carboxylic acids is 2. The van der Waals surface area contributed by atoms with E-state index in [-0.39, 0.29) is 35.4 Å². The Morgan fingerprint density at radius 1 is 1.05 bits per heavy atom. The molecule has 0 bridgehead atoms. The Hall–Kier alpha value is -2.11. The highest BCUT2D eigenvalue weighted by Crippen LogP contribution is 2.36. The second kappa shape index (κ2) is 6.11. The summed E-state index contributed by atoms with van der Waals surface area (Å²) < 4.78 is 10.0. The van der Waals surface area contributed by atoms with Crippen LogP contribution in [0.4, 0.5) is 0 Å². The Bertz CT molecular complexity index is 515. The lowest BCUT2D eigenvalue weighted by atomic mass is 9.89. The molecule has 0 spiro atoms. The minimum Gasteiger partial charge on any atom is -0.489 e. The van der Waals surface area contributed by atoms with Gasteiger partial charge in [-0.25, -0.2) is 0 Å². The molecule has 6 nitrogen and oxygen atoms in total. The van der Waals surface area contributed by atoms with Gasteiger partial charge in [0.25, 0.3) is 0 Å². The number of aliphatic carboxylic acids is 1. The first-order valence-corrected chi connectivity index (χ1v) is 6.85. The van der Waals surface area contributed by atoms with Crippen LogP contribution in [0.5, 0.6) is 0 Å². The largest absolute Gasteiger partial charge is 0.489 e. The van der Waals surface area contributed by atoms with E-state index in [1.54, 1.807) is 0 Å². The van der Waals surface area contributed by atoms with Crippen molar-refractivity contribution >= 4 is 17.5 Å². The summed E-state index contributed by atoms with van der Waals surface area (Å²) in [7, 11) is 2.66. The highest BCUT2D eigenvalue weighted by atomic mass is 16.5.